The molecule has 6 heteroatoms. The number of rotatable bonds is 6. The maximum Gasteiger partial charge on any atom is 0.306 e. The first-order chi connectivity index (χ1) is 8.91. The van der Waals surface area contributed by atoms with Gasteiger partial charge in [-0.2, -0.15) is 0 Å². The van der Waals surface area contributed by atoms with Crippen molar-refractivity contribution in [1.82, 2.24) is 5.32 Å². The fraction of sp³-hybridized carbons (Fsp3) is 0.385. The molecule has 1 rings (SSSR count). The molecule has 1 aromatic rings. The molecule has 0 aromatic heterocycles. The van der Waals surface area contributed by atoms with Crippen molar-refractivity contribution in [1.29, 1.82) is 0 Å². The lowest BCUT2D eigenvalue weighted by atomic mass is 10.1. The first-order valence-electron chi connectivity index (χ1n) is 5.88. The average molecular weight is 349 g/mol. The molecular weight excluding hydrogens is 334 g/mol. The third-order valence-electron chi connectivity index (χ3n) is 2.70. The second-order valence-corrected chi connectivity index (χ2v) is 5.53. The van der Waals surface area contributed by atoms with Crippen LogP contribution in [0.25, 0.3) is 0 Å². The molecule has 2 N–H and O–H groups in total. The van der Waals surface area contributed by atoms with Crippen molar-refractivity contribution in [3.63, 3.8) is 0 Å². The van der Waals surface area contributed by atoms with E-state index in [-0.39, 0.29) is 11.8 Å². The number of benzene rings is 1. The van der Waals surface area contributed by atoms with E-state index in [1.807, 2.05) is 0 Å². The number of carboxylic acid groups (broad SMARTS) is 1. The van der Waals surface area contributed by atoms with Crippen LogP contribution < -0.4 is 5.32 Å². The van der Waals surface area contributed by atoms with Gasteiger partial charge in [0.2, 0.25) is 0 Å². The molecule has 0 saturated heterocycles. The second-order valence-electron chi connectivity index (χ2n) is 4.27. The first kappa shape index (κ1) is 16.0. The Hall–Kier alpha value is -1.07. The molecule has 19 heavy (non-hydrogen) atoms. The summed E-state index contributed by atoms with van der Waals surface area (Å²) in [5, 5.41) is 12.0. The molecule has 1 aromatic carbocycles. The van der Waals surface area contributed by atoms with E-state index < -0.39 is 5.97 Å². The van der Waals surface area contributed by atoms with E-state index in [9.17, 15) is 9.59 Å². The SMILES string of the molecule is CC(CCCNC(=O)c1ccc(Cl)c(Br)c1)C(=O)O. The number of nitrogens with one attached hydrogen (secondary N) is 1. The Balaban J connectivity index is 2.39. The van der Waals surface area contributed by atoms with Gasteiger partial charge in [0.1, 0.15) is 0 Å². The van der Waals surface area contributed by atoms with Crippen molar-refractivity contribution < 1.29 is 14.7 Å². The fourth-order valence-corrected chi connectivity index (χ4v) is 1.97. The molecule has 0 aliphatic rings. The number of carbonyl (C=O) groups is 2. The van der Waals surface area contributed by atoms with Crippen LogP contribution in [0.4, 0.5) is 0 Å². The first-order valence-corrected chi connectivity index (χ1v) is 7.05. The van der Waals surface area contributed by atoms with Crippen molar-refractivity contribution in [3.05, 3.63) is 33.3 Å². The monoisotopic (exact) mass is 347 g/mol. The molecule has 0 spiro atoms. The van der Waals surface area contributed by atoms with Gasteiger partial charge in [0.25, 0.3) is 5.91 Å². The van der Waals surface area contributed by atoms with Gasteiger partial charge in [-0.3, -0.25) is 9.59 Å². The molecule has 0 heterocycles. The molecule has 104 valence electrons. The van der Waals surface area contributed by atoms with E-state index in [0.29, 0.717) is 34.4 Å². The van der Waals surface area contributed by atoms with Gasteiger partial charge in [0.15, 0.2) is 0 Å². The van der Waals surface area contributed by atoms with E-state index in [2.05, 4.69) is 21.2 Å². The summed E-state index contributed by atoms with van der Waals surface area (Å²) < 4.78 is 0.668. The minimum atomic E-state index is -0.812. The van der Waals surface area contributed by atoms with Crippen LogP contribution in [0.2, 0.25) is 5.02 Å². The minimum absolute atomic E-state index is 0.194. The van der Waals surface area contributed by atoms with Gasteiger partial charge in [-0.1, -0.05) is 18.5 Å². The Kier molecular flexibility index (Phi) is 6.31. The van der Waals surface area contributed by atoms with Crippen LogP contribution in [-0.2, 0) is 4.79 Å². The van der Waals surface area contributed by atoms with Crippen molar-refractivity contribution in [3.8, 4) is 0 Å². The number of carboxylic acids is 1. The van der Waals surface area contributed by atoms with Crippen LogP contribution in [0.1, 0.15) is 30.1 Å². The third-order valence-corrected chi connectivity index (χ3v) is 3.92. The van der Waals surface area contributed by atoms with Crippen LogP contribution in [0.15, 0.2) is 22.7 Å². The summed E-state index contributed by atoms with van der Waals surface area (Å²) in [5.41, 5.74) is 0.516. The topological polar surface area (TPSA) is 66.4 Å². The van der Waals surface area contributed by atoms with Gasteiger partial charge in [-0.25, -0.2) is 0 Å². The molecule has 0 fully saturated rings. The van der Waals surface area contributed by atoms with Crippen LogP contribution in [-0.4, -0.2) is 23.5 Å². The Morgan fingerprint density at radius 2 is 2.16 bits per heavy atom. The summed E-state index contributed by atoms with van der Waals surface area (Å²) in [4.78, 5) is 22.4. The standard InChI is InChI=1S/C13H15BrClNO3/c1-8(13(18)19)3-2-6-16-12(17)9-4-5-11(15)10(14)7-9/h4-5,7-8H,2-3,6H2,1H3,(H,16,17)(H,18,19). The van der Waals surface area contributed by atoms with Gasteiger partial charge < -0.3 is 10.4 Å². The number of hydrogen-bond donors (Lipinski definition) is 2. The highest BCUT2D eigenvalue weighted by Gasteiger charge is 2.11. The zero-order valence-corrected chi connectivity index (χ0v) is 12.8. The molecule has 0 aliphatic carbocycles. The van der Waals surface area contributed by atoms with E-state index in [0.717, 1.165) is 0 Å². The Bertz CT molecular complexity index is 479. The highest BCUT2D eigenvalue weighted by Crippen LogP contribution is 2.23. The molecule has 0 aliphatic heterocycles. The van der Waals surface area contributed by atoms with Crippen molar-refractivity contribution >= 4 is 39.4 Å². The summed E-state index contributed by atoms with van der Waals surface area (Å²) in [5.74, 6) is -1.39. The van der Waals surface area contributed by atoms with Crippen molar-refractivity contribution in [2.45, 2.75) is 19.8 Å². The Labute approximate surface area is 125 Å². The zero-order chi connectivity index (χ0) is 14.4. The molecule has 0 bridgehead atoms. The lowest BCUT2D eigenvalue weighted by Crippen LogP contribution is -2.25. The predicted octanol–water partition coefficient (Wildman–Crippen LogP) is 3.33. The van der Waals surface area contributed by atoms with Gasteiger partial charge in [0, 0.05) is 16.6 Å². The lowest BCUT2D eigenvalue weighted by molar-refractivity contribution is -0.141. The number of halogens is 2. The fourth-order valence-electron chi connectivity index (χ4n) is 1.47. The average Bonchev–Trinajstić information content (AvgIpc) is 2.37. The molecule has 1 atom stereocenters. The zero-order valence-electron chi connectivity index (χ0n) is 10.5. The van der Waals surface area contributed by atoms with Crippen LogP contribution in [0.3, 0.4) is 0 Å². The van der Waals surface area contributed by atoms with Crippen LogP contribution >= 0.6 is 27.5 Å². The van der Waals surface area contributed by atoms with Gasteiger partial charge in [-0.05, 0) is 47.0 Å². The van der Waals surface area contributed by atoms with E-state index in [1.54, 1.807) is 25.1 Å². The molecule has 1 unspecified atom stereocenters. The Morgan fingerprint density at radius 3 is 2.74 bits per heavy atom. The molecule has 0 radical (unpaired) electrons. The van der Waals surface area contributed by atoms with E-state index in [1.165, 1.54) is 0 Å². The third kappa shape index (κ3) is 5.20. The number of aliphatic carboxylic acids is 1. The number of hydrogen-bond acceptors (Lipinski definition) is 2. The summed E-state index contributed by atoms with van der Waals surface area (Å²) in [7, 11) is 0. The van der Waals surface area contributed by atoms with Gasteiger partial charge in [-0.15, -0.1) is 0 Å². The normalized spacial score (nSPS) is 11.9. The largest absolute Gasteiger partial charge is 0.481 e. The molecular formula is C13H15BrClNO3. The summed E-state index contributed by atoms with van der Waals surface area (Å²) in [6.45, 7) is 2.11. The molecule has 4 nitrogen and oxygen atoms in total. The number of amides is 1. The molecule has 1 amide bonds. The highest BCUT2D eigenvalue weighted by molar-refractivity contribution is 9.10. The highest BCUT2D eigenvalue weighted by atomic mass is 79.9. The quantitative estimate of drug-likeness (QED) is 0.775. The van der Waals surface area contributed by atoms with E-state index in [4.69, 9.17) is 16.7 Å². The summed E-state index contributed by atoms with van der Waals surface area (Å²) in [6, 6.07) is 4.94. The number of carbonyl (C=O) groups excluding carboxylic acids is 1. The lowest BCUT2D eigenvalue weighted by Gasteiger charge is -2.08. The maximum atomic E-state index is 11.8. The smallest absolute Gasteiger partial charge is 0.306 e. The molecule has 0 saturated carbocycles. The predicted molar refractivity (Wildman–Crippen MR) is 77.5 cm³/mol. The van der Waals surface area contributed by atoms with Crippen molar-refractivity contribution in [2.24, 2.45) is 5.92 Å². The van der Waals surface area contributed by atoms with Gasteiger partial charge >= 0.3 is 5.97 Å². The van der Waals surface area contributed by atoms with Crippen LogP contribution in [0, 0.1) is 5.92 Å². The maximum absolute atomic E-state index is 11.8. The Morgan fingerprint density at radius 1 is 1.47 bits per heavy atom. The minimum Gasteiger partial charge on any atom is -0.481 e. The van der Waals surface area contributed by atoms with Crippen LogP contribution in [0.5, 0.6) is 0 Å². The van der Waals surface area contributed by atoms with Gasteiger partial charge in [0.05, 0.1) is 10.9 Å². The van der Waals surface area contributed by atoms with Crippen molar-refractivity contribution in [2.75, 3.05) is 6.54 Å². The summed E-state index contributed by atoms with van der Waals surface area (Å²) in [6.07, 6.45) is 1.17. The summed E-state index contributed by atoms with van der Waals surface area (Å²) >= 11 is 9.10. The van der Waals surface area contributed by atoms with E-state index >= 15 is 0 Å². The second kappa shape index (κ2) is 7.50.